The molecule has 1 N–H and O–H groups in total. The summed E-state index contributed by atoms with van der Waals surface area (Å²) in [5.41, 5.74) is 2.38. The highest BCUT2D eigenvalue weighted by Crippen LogP contribution is 2.16. The maximum Gasteiger partial charge on any atom is 0.303 e. The molecule has 0 saturated heterocycles. The van der Waals surface area contributed by atoms with Crippen molar-refractivity contribution in [1.29, 1.82) is 0 Å². The lowest BCUT2D eigenvalue weighted by Crippen LogP contribution is -1.98. The molecule has 14 heavy (non-hydrogen) atoms. The van der Waals surface area contributed by atoms with Gasteiger partial charge in [-0.3, -0.25) is 4.79 Å². The van der Waals surface area contributed by atoms with Crippen molar-refractivity contribution < 1.29 is 9.90 Å². The Balaban J connectivity index is 2.68. The molecule has 0 saturated carbocycles. The quantitative estimate of drug-likeness (QED) is 0.796. The molecular weight excluding hydrogens is 176 g/mol. The Bertz CT molecular complexity index is 316. The molecule has 1 rings (SSSR count). The SMILES string of the molecule is CC(C)c1cccc(CCC(=O)O)c1. The fraction of sp³-hybridized carbons (Fsp3) is 0.417. The number of rotatable bonds is 4. The Kier molecular flexibility index (Phi) is 3.69. The van der Waals surface area contributed by atoms with E-state index in [1.807, 2.05) is 12.1 Å². The van der Waals surface area contributed by atoms with E-state index in [1.165, 1.54) is 5.56 Å². The van der Waals surface area contributed by atoms with Crippen molar-refractivity contribution in [3.05, 3.63) is 35.4 Å². The van der Waals surface area contributed by atoms with E-state index in [0.717, 1.165) is 5.56 Å². The van der Waals surface area contributed by atoms with Gasteiger partial charge in [0.2, 0.25) is 0 Å². The van der Waals surface area contributed by atoms with E-state index in [0.29, 0.717) is 12.3 Å². The number of aryl methyl sites for hydroxylation is 1. The van der Waals surface area contributed by atoms with Gasteiger partial charge in [0.15, 0.2) is 0 Å². The number of carboxylic acid groups (broad SMARTS) is 1. The highest BCUT2D eigenvalue weighted by molar-refractivity contribution is 5.67. The maximum absolute atomic E-state index is 10.4. The molecule has 0 amide bonds. The van der Waals surface area contributed by atoms with E-state index in [-0.39, 0.29) is 6.42 Å². The summed E-state index contributed by atoms with van der Waals surface area (Å²) in [5.74, 6) is -0.236. The van der Waals surface area contributed by atoms with E-state index in [9.17, 15) is 4.79 Å². The molecule has 1 aromatic carbocycles. The smallest absolute Gasteiger partial charge is 0.303 e. The average molecular weight is 192 g/mol. The van der Waals surface area contributed by atoms with Gasteiger partial charge < -0.3 is 5.11 Å². The zero-order valence-corrected chi connectivity index (χ0v) is 8.66. The van der Waals surface area contributed by atoms with Crippen LogP contribution in [0.15, 0.2) is 24.3 Å². The van der Waals surface area contributed by atoms with Gasteiger partial charge in [-0.05, 0) is 23.5 Å². The van der Waals surface area contributed by atoms with Gasteiger partial charge in [0.05, 0.1) is 0 Å². The van der Waals surface area contributed by atoms with Gasteiger partial charge in [-0.1, -0.05) is 38.1 Å². The van der Waals surface area contributed by atoms with Gasteiger partial charge in [0.25, 0.3) is 0 Å². The minimum atomic E-state index is -0.736. The molecule has 1 aromatic rings. The summed E-state index contributed by atoms with van der Waals surface area (Å²) < 4.78 is 0. The van der Waals surface area contributed by atoms with Crippen LogP contribution in [0.1, 0.15) is 37.3 Å². The number of benzene rings is 1. The number of carboxylic acids is 1. The largest absolute Gasteiger partial charge is 0.481 e. The summed E-state index contributed by atoms with van der Waals surface area (Å²) in [5, 5.41) is 8.55. The zero-order valence-electron chi connectivity index (χ0n) is 8.66. The van der Waals surface area contributed by atoms with Gasteiger partial charge in [-0.2, -0.15) is 0 Å². The van der Waals surface area contributed by atoms with Crippen LogP contribution in [-0.2, 0) is 11.2 Å². The molecule has 0 aromatic heterocycles. The lowest BCUT2D eigenvalue weighted by Gasteiger charge is -2.07. The van der Waals surface area contributed by atoms with E-state index >= 15 is 0 Å². The number of hydrogen-bond acceptors (Lipinski definition) is 1. The van der Waals surface area contributed by atoms with Crippen LogP contribution in [0, 0.1) is 0 Å². The topological polar surface area (TPSA) is 37.3 Å². The first kappa shape index (κ1) is 10.8. The van der Waals surface area contributed by atoms with Gasteiger partial charge in [0, 0.05) is 6.42 Å². The lowest BCUT2D eigenvalue weighted by molar-refractivity contribution is -0.136. The Labute approximate surface area is 84.6 Å². The van der Waals surface area contributed by atoms with Gasteiger partial charge in [0.1, 0.15) is 0 Å². The maximum atomic E-state index is 10.4. The minimum absolute atomic E-state index is 0.210. The molecule has 0 spiro atoms. The van der Waals surface area contributed by atoms with Crippen molar-refractivity contribution in [2.75, 3.05) is 0 Å². The standard InChI is InChI=1S/C12H16O2/c1-9(2)11-5-3-4-10(8-11)6-7-12(13)14/h3-5,8-9H,6-7H2,1-2H3,(H,13,14). The molecule has 0 atom stereocenters. The molecule has 0 radical (unpaired) electrons. The summed E-state index contributed by atoms with van der Waals surface area (Å²) in [6, 6.07) is 8.14. The average Bonchev–Trinajstić information content (AvgIpc) is 2.15. The van der Waals surface area contributed by atoms with Crippen molar-refractivity contribution >= 4 is 5.97 Å². The van der Waals surface area contributed by atoms with Crippen LogP contribution in [0.5, 0.6) is 0 Å². The van der Waals surface area contributed by atoms with E-state index in [4.69, 9.17) is 5.11 Å². The summed E-state index contributed by atoms with van der Waals surface area (Å²) in [6.45, 7) is 4.27. The molecule has 2 heteroatoms. The third-order valence-electron chi connectivity index (χ3n) is 2.25. The van der Waals surface area contributed by atoms with Gasteiger partial charge in [-0.25, -0.2) is 0 Å². The van der Waals surface area contributed by atoms with Gasteiger partial charge >= 0.3 is 5.97 Å². The first-order chi connectivity index (χ1) is 6.59. The summed E-state index contributed by atoms with van der Waals surface area (Å²) in [7, 11) is 0. The summed E-state index contributed by atoms with van der Waals surface area (Å²) >= 11 is 0. The van der Waals surface area contributed by atoms with Crippen LogP contribution < -0.4 is 0 Å². The predicted molar refractivity (Wildman–Crippen MR) is 56.5 cm³/mol. The van der Waals surface area contributed by atoms with Crippen LogP contribution in [0.25, 0.3) is 0 Å². The van der Waals surface area contributed by atoms with Crippen LogP contribution in [0.3, 0.4) is 0 Å². The molecule has 0 aliphatic rings. The third kappa shape index (κ3) is 3.21. The first-order valence-electron chi connectivity index (χ1n) is 4.90. The molecular formula is C12H16O2. The van der Waals surface area contributed by atoms with E-state index in [1.54, 1.807) is 0 Å². The van der Waals surface area contributed by atoms with Crippen LogP contribution in [-0.4, -0.2) is 11.1 Å². The van der Waals surface area contributed by atoms with Crippen molar-refractivity contribution in [3.8, 4) is 0 Å². The Morgan fingerprint density at radius 3 is 2.71 bits per heavy atom. The summed E-state index contributed by atoms with van der Waals surface area (Å²) in [4.78, 5) is 10.4. The number of hydrogen-bond donors (Lipinski definition) is 1. The molecule has 0 bridgehead atoms. The second kappa shape index (κ2) is 4.80. The number of carbonyl (C=O) groups is 1. The third-order valence-corrected chi connectivity index (χ3v) is 2.25. The fourth-order valence-corrected chi connectivity index (χ4v) is 1.36. The van der Waals surface area contributed by atoms with Crippen LogP contribution in [0.2, 0.25) is 0 Å². The van der Waals surface area contributed by atoms with Crippen LogP contribution in [0.4, 0.5) is 0 Å². The lowest BCUT2D eigenvalue weighted by atomic mass is 9.99. The molecule has 0 heterocycles. The van der Waals surface area contributed by atoms with Gasteiger partial charge in [-0.15, -0.1) is 0 Å². The fourth-order valence-electron chi connectivity index (χ4n) is 1.36. The van der Waals surface area contributed by atoms with E-state index < -0.39 is 5.97 Å². The van der Waals surface area contributed by atoms with E-state index in [2.05, 4.69) is 26.0 Å². The molecule has 0 fully saturated rings. The molecule has 0 aliphatic heterocycles. The Hall–Kier alpha value is -1.31. The molecule has 76 valence electrons. The minimum Gasteiger partial charge on any atom is -0.481 e. The second-order valence-corrected chi connectivity index (χ2v) is 3.79. The second-order valence-electron chi connectivity index (χ2n) is 3.79. The van der Waals surface area contributed by atoms with Crippen molar-refractivity contribution in [2.45, 2.75) is 32.6 Å². The first-order valence-corrected chi connectivity index (χ1v) is 4.90. The normalized spacial score (nSPS) is 10.5. The Morgan fingerprint density at radius 2 is 2.14 bits per heavy atom. The Morgan fingerprint density at radius 1 is 1.43 bits per heavy atom. The van der Waals surface area contributed by atoms with Crippen molar-refractivity contribution in [2.24, 2.45) is 0 Å². The molecule has 0 aliphatic carbocycles. The monoisotopic (exact) mass is 192 g/mol. The zero-order chi connectivity index (χ0) is 10.6. The highest BCUT2D eigenvalue weighted by Gasteiger charge is 2.02. The number of aliphatic carboxylic acids is 1. The van der Waals surface area contributed by atoms with Crippen LogP contribution >= 0.6 is 0 Å². The van der Waals surface area contributed by atoms with Crippen molar-refractivity contribution in [3.63, 3.8) is 0 Å². The van der Waals surface area contributed by atoms with Crippen molar-refractivity contribution in [1.82, 2.24) is 0 Å². The molecule has 2 nitrogen and oxygen atoms in total. The highest BCUT2D eigenvalue weighted by atomic mass is 16.4. The predicted octanol–water partition coefficient (Wildman–Crippen LogP) is 2.83. The molecule has 0 unspecified atom stereocenters. The summed E-state index contributed by atoms with van der Waals surface area (Å²) in [6.07, 6.45) is 0.831.